The van der Waals surface area contributed by atoms with E-state index in [1.807, 2.05) is 0 Å². The summed E-state index contributed by atoms with van der Waals surface area (Å²) in [5.74, 6) is 0. The lowest BCUT2D eigenvalue weighted by atomic mass is 10.1. The van der Waals surface area contributed by atoms with Gasteiger partial charge in [0.05, 0.1) is 12.7 Å². The Bertz CT molecular complexity index is 146. The van der Waals surface area contributed by atoms with Gasteiger partial charge in [-0.2, -0.15) is 0 Å². The van der Waals surface area contributed by atoms with Crippen LogP contribution in [0.3, 0.4) is 0 Å². The maximum atomic E-state index is 5.63. The second kappa shape index (κ2) is 6.38. The van der Waals surface area contributed by atoms with Crippen LogP contribution in [0.25, 0.3) is 0 Å². The maximum absolute atomic E-state index is 5.63. The summed E-state index contributed by atoms with van der Waals surface area (Å²) in [6.07, 6.45) is 3.90. The van der Waals surface area contributed by atoms with Crippen molar-refractivity contribution in [1.29, 1.82) is 0 Å². The van der Waals surface area contributed by atoms with Crippen LogP contribution in [0.5, 0.6) is 0 Å². The van der Waals surface area contributed by atoms with Crippen molar-refractivity contribution >= 4 is 0 Å². The third-order valence-electron chi connectivity index (χ3n) is 2.88. The fourth-order valence-electron chi connectivity index (χ4n) is 1.96. The van der Waals surface area contributed by atoms with Gasteiger partial charge in [-0.25, -0.2) is 0 Å². The SMILES string of the molecule is CCC(COC)NC(C)C1CCCO1. The standard InChI is InChI=1S/C11H23NO2/c1-4-10(8-13-3)12-9(2)11-6-5-7-14-11/h9-12H,4-8H2,1-3H3. The molecule has 3 heteroatoms. The van der Waals surface area contributed by atoms with E-state index < -0.39 is 0 Å². The van der Waals surface area contributed by atoms with Gasteiger partial charge in [0.2, 0.25) is 0 Å². The van der Waals surface area contributed by atoms with Crippen molar-refractivity contribution in [3.8, 4) is 0 Å². The highest BCUT2D eigenvalue weighted by Crippen LogP contribution is 2.15. The minimum Gasteiger partial charge on any atom is -0.383 e. The average molecular weight is 201 g/mol. The van der Waals surface area contributed by atoms with Gasteiger partial charge in [-0.15, -0.1) is 0 Å². The third kappa shape index (κ3) is 3.56. The van der Waals surface area contributed by atoms with Crippen molar-refractivity contribution in [2.75, 3.05) is 20.3 Å². The molecule has 0 amide bonds. The topological polar surface area (TPSA) is 30.5 Å². The van der Waals surface area contributed by atoms with Crippen molar-refractivity contribution in [3.05, 3.63) is 0 Å². The number of hydrogen-bond donors (Lipinski definition) is 1. The lowest BCUT2D eigenvalue weighted by Crippen LogP contribution is -2.45. The molecule has 3 unspecified atom stereocenters. The molecule has 0 aliphatic carbocycles. The van der Waals surface area contributed by atoms with Gasteiger partial charge < -0.3 is 14.8 Å². The molecule has 0 aromatic heterocycles. The first-order chi connectivity index (χ1) is 6.77. The van der Waals surface area contributed by atoms with Gasteiger partial charge in [-0.1, -0.05) is 6.92 Å². The summed E-state index contributed by atoms with van der Waals surface area (Å²) in [5.41, 5.74) is 0. The largest absolute Gasteiger partial charge is 0.383 e. The zero-order valence-electron chi connectivity index (χ0n) is 9.58. The predicted octanol–water partition coefficient (Wildman–Crippen LogP) is 1.57. The molecule has 1 fully saturated rings. The minimum atomic E-state index is 0.404. The predicted molar refractivity (Wildman–Crippen MR) is 57.5 cm³/mol. The van der Waals surface area contributed by atoms with Gasteiger partial charge in [0, 0.05) is 25.8 Å². The van der Waals surface area contributed by atoms with E-state index in [1.165, 1.54) is 12.8 Å². The van der Waals surface area contributed by atoms with Crippen molar-refractivity contribution in [3.63, 3.8) is 0 Å². The van der Waals surface area contributed by atoms with Crippen LogP contribution in [-0.2, 0) is 9.47 Å². The van der Waals surface area contributed by atoms with Crippen molar-refractivity contribution < 1.29 is 9.47 Å². The van der Waals surface area contributed by atoms with Crippen LogP contribution >= 0.6 is 0 Å². The Kier molecular flexibility index (Phi) is 5.45. The molecule has 3 nitrogen and oxygen atoms in total. The van der Waals surface area contributed by atoms with E-state index in [2.05, 4.69) is 19.2 Å². The van der Waals surface area contributed by atoms with Crippen molar-refractivity contribution in [2.45, 2.75) is 51.3 Å². The molecule has 1 saturated heterocycles. The Labute approximate surface area is 87.2 Å². The van der Waals surface area contributed by atoms with Gasteiger partial charge in [0.1, 0.15) is 0 Å². The molecule has 0 aromatic carbocycles. The lowest BCUT2D eigenvalue weighted by Gasteiger charge is -2.25. The number of rotatable bonds is 6. The first kappa shape index (κ1) is 12.0. The van der Waals surface area contributed by atoms with Gasteiger partial charge in [0.15, 0.2) is 0 Å². The molecule has 0 aromatic rings. The van der Waals surface area contributed by atoms with E-state index in [0.29, 0.717) is 18.2 Å². The summed E-state index contributed by atoms with van der Waals surface area (Å²) >= 11 is 0. The van der Waals surface area contributed by atoms with E-state index >= 15 is 0 Å². The Balaban J connectivity index is 2.25. The van der Waals surface area contributed by atoms with Gasteiger partial charge in [-0.05, 0) is 26.2 Å². The van der Waals surface area contributed by atoms with Gasteiger partial charge in [-0.3, -0.25) is 0 Å². The Hall–Kier alpha value is -0.120. The quantitative estimate of drug-likeness (QED) is 0.707. The lowest BCUT2D eigenvalue weighted by molar-refractivity contribution is 0.0714. The molecule has 1 aliphatic rings. The van der Waals surface area contributed by atoms with Crippen LogP contribution in [0.2, 0.25) is 0 Å². The van der Waals surface area contributed by atoms with E-state index in [0.717, 1.165) is 19.6 Å². The summed E-state index contributed by atoms with van der Waals surface area (Å²) in [5, 5.41) is 3.56. The van der Waals surface area contributed by atoms with E-state index in [1.54, 1.807) is 7.11 Å². The van der Waals surface area contributed by atoms with Gasteiger partial charge >= 0.3 is 0 Å². The molecule has 3 atom stereocenters. The first-order valence-corrected chi connectivity index (χ1v) is 5.64. The van der Waals surface area contributed by atoms with Crippen LogP contribution in [0, 0.1) is 0 Å². The molecule has 0 spiro atoms. The molecular weight excluding hydrogens is 178 g/mol. The monoisotopic (exact) mass is 201 g/mol. The van der Waals surface area contributed by atoms with Crippen LogP contribution in [0.1, 0.15) is 33.1 Å². The van der Waals surface area contributed by atoms with Crippen LogP contribution in [0.15, 0.2) is 0 Å². The molecule has 1 rings (SSSR count). The highest BCUT2D eigenvalue weighted by atomic mass is 16.5. The fourth-order valence-corrected chi connectivity index (χ4v) is 1.96. The molecule has 1 aliphatic heterocycles. The molecule has 1 N–H and O–H groups in total. The van der Waals surface area contributed by atoms with E-state index in [4.69, 9.17) is 9.47 Å². The first-order valence-electron chi connectivity index (χ1n) is 5.64. The van der Waals surface area contributed by atoms with E-state index in [9.17, 15) is 0 Å². The molecule has 84 valence electrons. The fraction of sp³-hybridized carbons (Fsp3) is 1.00. The van der Waals surface area contributed by atoms with Crippen LogP contribution in [-0.4, -0.2) is 38.5 Å². The second-order valence-electron chi connectivity index (χ2n) is 4.07. The van der Waals surface area contributed by atoms with E-state index in [-0.39, 0.29) is 0 Å². The zero-order chi connectivity index (χ0) is 10.4. The van der Waals surface area contributed by atoms with Crippen LogP contribution < -0.4 is 5.32 Å². The Morgan fingerprint density at radius 1 is 1.57 bits per heavy atom. The summed E-state index contributed by atoms with van der Waals surface area (Å²) in [4.78, 5) is 0. The second-order valence-corrected chi connectivity index (χ2v) is 4.07. The number of ether oxygens (including phenoxy) is 2. The maximum Gasteiger partial charge on any atom is 0.0726 e. The summed E-state index contributed by atoms with van der Waals surface area (Å²) in [7, 11) is 1.75. The highest BCUT2D eigenvalue weighted by Gasteiger charge is 2.23. The Morgan fingerprint density at radius 2 is 2.36 bits per heavy atom. The van der Waals surface area contributed by atoms with Crippen molar-refractivity contribution in [1.82, 2.24) is 5.32 Å². The highest BCUT2D eigenvalue weighted by molar-refractivity contribution is 4.79. The summed E-state index contributed by atoms with van der Waals surface area (Å²) < 4.78 is 10.8. The molecule has 0 bridgehead atoms. The molecule has 1 heterocycles. The normalized spacial score (nSPS) is 26.4. The Morgan fingerprint density at radius 3 is 2.86 bits per heavy atom. The number of nitrogens with one attached hydrogen (secondary N) is 1. The summed E-state index contributed by atoms with van der Waals surface area (Å²) in [6.45, 7) is 6.10. The molecule has 14 heavy (non-hydrogen) atoms. The average Bonchev–Trinajstić information content (AvgIpc) is 2.69. The smallest absolute Gasteiger partial charge is 0.0726 e. The molecular formula is C11H23NO2. The third-order valence-corrected chi connectivity index (χ3v) is 2.88. The molecule has 0 radical (unpaired) electrons. The zero-order valence-corrected chi connectivity index (χ0v) is 9.58. The van der Waals surface area contributed by atoms with Crippen LogP contribution in [0.4, 0.5) is 0 Å². The number of methoxy groups -OCH3 is 1. The molecule has 0 saturated carbocycles. The van der Waals surface area contributed by atoms with Crippen molar-refractivity contribution in [2.24, 2.45) is 0 Å². The summed E-state index contributed by atoms with van der Waals surface area (Å²) in [6, 6.07) is 0.900. The minimum absolute atomic E-state index is 0.404. The number of hydrogen-bond acceptors (Lipinski definition) is 3. The van der Waals surface area contributed by atoms with Gasteiger partial charge in [0.25, 0.3) is 0 Å².